The first kappa shape index (κ1) is 11.4. The third-order valence-electron chi connectivity index (χ3n) is 3.14. The molecule has 0 bridgehead atoms. The van der Waals surface area contributed by atoms with Crippen molar-refractivity contribution in [3.8, 4) is 0 Å². The van der Waals surface area contributed by atoms with Gasteiger partial charge in [-0.2, -0.15) is 5.10 Å². The standard InChI is InChI=1S/C13H21N3/c1-12(8-11-16-10-5-9-14-16)15-13-6-3-2-4-7-13/h2-3,5,9-10,12-13,15H,4,6-8,11H2,1H3. The Kier molecular flexibility index (Phi) is 4.17. The molecule has 1 N–H and O–H groups in total. The lowest BCUT2D eigenvalue weighted by molar-refractivity contribution is 0.384. The zero-order chi connectivity index (χ0) is 11.2. The van der Waals surface area contributed by atoms with Crippen molar-refractivity contribution in [2.75, 3.05) is 0 Å². The molecule has 3 nitrogen and oxygen atoms in total. The van der Waals surface area contributed by atoms with Gasteiger partial charge in [-0.15, -0.1) is 0 Å². The molecule has 2 rings (SSSR count). The molecule has 1 aromatic rings. The highest BCUT2D eigenvalue weighted by Gasteiger charge is 2.12. The molecule has 0 spiro atoms. The van der Waals surface area contributed by atoms with Crippen LogP contribution in [0.25, 0.3) is 0 Å². The highest BCUT2D eigenvalue weighted by molar-refractivity contribution is 4.93. The van der Waals surface area contributed by atoms with Crippen LogP contribution in [0.3, 0.4) is 0 Å². The van der Waals surface area contributed by atoms with Crippen molar-refractivity contribution in [2.45, 2.75) is 51.2 Å². The summed E-state index contributed by atoms with van der Waals surface area (Å²) in [6.45, 7) is 3.27. The van der Waals surface area contributed by atoms with Gasteiger partial charge in [0.15, 0.2) is 0 Å². The fourth-order valence-corrected chi connectivity index (χ4v) is 2.19. The Morgan fingerprint density at radius 3 is 3.12 bits per heavy atom. The fourth-order valence-electron chi connectivity index (χ4n) is 2.19. The van der Waals surface area contributed by atoms with Gasteiger partial charge in [-0.05, 0) is 38.7 Å². The Hall–Kier alpha value is -1.09. The van der Waals surface area contributed by atoms with Crippen LogP contribution >= 0.6 is 0 Å². The Labute approximate surface area is 97.5 Å². The predicted molar refractivity (Wildman–Crippen MR) is 66.2 cm³/mol. The predicted octanol–water partition coefficient (Wildman–Crippen LogP) is 2.36. The summed E-state index contributed by atoms with van der Waals surface area (Å²) in [7, 11) is 0. The lowest BCUT2D eigenvalue weighted by Crippen LogP contribution is -2.37. The topological polar surface area (TPSA) is 29.9 Å². The number of nitrogens with zero attached hydrogens (tertiary/aromatic N) is 2. The lowest BCUT2D eigenvalue weighted by Gasteiger charge is -2.24. The first-order valence-electron chi connectivity index (χ1n) is 6.23. The van der Waals surface area contributed by atoms with E-state index in [9.17, 15) is 0 Å². The molecule has 16 heavy (non-hydrogen) atoms. The number of nitrogens with one attached hydrogen (secondary N) is 1. The molecule has 1 heterocycles. The van der Waals surface area contributed by atoms with Gasteiger partial charge in [0, 0.05) is 31.0 Å². The van der Waals surface area contributed by atoms with Crippen LogP contribution in [-0.4, -0.2) is 21.9 Å². The van der Waals surface area contributed by atoms with Crippen molar-refractivity contribution in [3.05, 3.63) is 30.6 Å². The summed E-state index contributed by atoms with van der Waals surface area (Å²) >= 11 is 0. The van der Waals surface area contributed by atoms with E-state index in [0.717, 1.165) is 13.0 Å². The van der Waals surface area contributed by atoms with Gasteiger partial charge in [0.25, 0.3) is 0 Å². The van der Waals surface area contributed by atoms with Gasteiger partial charge in [-0.3, -0.25) is 4.68 Å². The van der Waals surface area contributed by atoms with E-state index in [0.29, 0.717) is 12.1 Å². The van der Waals surface area contributed by atoms with Gasteiger partial charge < -0.3 is 5.32 Å². The van der Waals surface area contributed by atoms with E-state index in [4.69, 9.17) is 0 Å². The van der Waals surface area contributed by atoms with Crippen molar-refractivity contribution in [1.29, 1.82) is 0 Å². The van der Waals surface area contributed by atoms with E-state index in [1.807, 2.05) is 23.1 Å². The van der Waals surface area contributed by atoms with E-state index >= 15 is 0 Å². The Bertz CT molecular complexity index is 316. The van der Waals surface area contributed by atoms with Crippen LogP contribution in [0.5, 0.6) is 0 Å². The highest BCUT2D eigenvalue weighted by atomic mass is 15.3. The molecule has 88 valence electrons. The summed E-state index contributed by atoms with van der Waals surface area (Å²) in [6.07, 6.45) is 13.3. The molecule has 1 aliphatic rings. The smallest absolute Gasteiger partial charge is 0.0489 e. The second-order valence-corrected chi connectivity index (χ2v) is 4.61. The van der Waals surface area contributed by atoms with E-state index < -0.39 is 0 Å². The second-order valence-electron chi connectivity index (χ2n) is 4.61. The largest absolute Gasteiger partial charge is 0.311 e. The monoisotopic (exact) mass is 219 g/mol. The molecule has 1 aromatic heterocycles. The fraction of sp³-hybridized carbons (Fsp3) is 0.615. The maximum atomic E-state index is 4.21. The van der Waals surface area contributed by atoms with Crippen LogP contribution in [-0.2, 0) is 6.54 Å². The highest BCUT2D eigenvalue weighted by Crippen LogP contribution is 2.11. The third-order valence-corrected chi connectivity index (χ3v) is 3.14. The number of hydrogen-bond donors (Lipinski definition) is 1. The minimum atomic E-state index is 0.570. The zero-order valence-electron chi connectivity index (χ0n) is 9.97. The SMILES string of the molecule is CC(CCn1cccn1)NC1CC=CCC1. The van der Waals surface area contributed by atoms with Crippen molar-refractivity contribution in [1.82, 2.24) is 15.1 Å². The van der Waals surface area contributed by atoms with Gasteiger partial charge in [0.2, 0.25) is 0 Å². The van der Waals surface area contributed by atoms with Crippen LogP contribution in [0.2, 0.25) is 0 Å². The van der Waals surface area contributed by atoms with Crippen LogP contribution in [0.15, 0.2) is 30.6 Å². The number of rotatable bonds is 5. The van der Waals surface area contributed by atoms with Crippen LogP contribution in [0.1, 0.15) is 32.6 Å². The molecule has 2 atom stereocenters. The van der Waals surface area contributed by atoms with E-state index in [1.54, 1.807) is 0 Å². The van der Waals surface area contributed by atoms with E-state index in [1.165, 1.54) is 19.3 Å². The number of aryl methyl sites for hydroxylation is 1. The molecule has 0 radical (unpaired) electrons. The van der Waals surface area contributed by atoms with Crippen LogP contribution in [0, 0.1) is 0 Å². The van der Waals surface area contributed by atoms with Gasteiger partial charge in [-0.1, -0.05) is 12.2 Å². The maximum Gasteiger partial charge on any atom is 0.0489 e. The lowest BCUT2D eigenvalue weighted by atomic mass is 10.0. The number of aromatic nitrogens is 2. The second kappa shape index (κ2) is 5.85. The average Bonchev–Trinajstić information content (AvgIpc) is 2.81. The van der Waals surface area contributed by atoms with Crippen LogP contribution < -0.4 is 5.32 Å². The molecule has 0 saturated heterocycles. The molecule has 2 unspecified atom stereocenters. The van der Waals surface area contributed by atoms with E-state index in [-0.39, 0.29) is 0 Å². The summed E-state index contributed by atoms with van der Waals surface area (Å²) in [5.74, 6) is 0. The molecular weight excluding hydrogens is 198 g/mol. The molecule has 0 amide bonds. The van der Waals surface area contributed by atoms with Crippen molar-refractivity contribution >= 4 is 0 Å². The minimum absolute atomic E-state index is 0.570. The van der Waals surface area contributed by atoms with Crippen molar-refractivity contribution in [2.24, 2.45) is 0 Å². The molecule has 1 aliphatic carbocycles. The van der Waals surface area contributed by atoms with E-state index in [2.05, 4.69) is 29.5 Å². The molecule has 3 heteroatoms. The first-order valence-corrected chi connectivity index (χ1v) is 6.23. The molecule has 0 aromatic carbocycles. The maximum absolute atomic E-state index is 4.21. The van der Waals surface area contributed by atoms with Crippen molar-refractivity contribution in [3.63, 3.8) is 0 Å². The Morgan fingerprint density at radius 1 is 1.50 bits per heavy atom. The molecular formula is C13H21N3. The molecule has 0 fully saturated rings. The first-order chi connectivity index (χ1) is 7.84. The van der Waals surface area contributed by atoms with Gasteiger partial charge in [-0.25, -0.2) is 0 Å². The third kappa shape index (κ3) is 3.49. The Morgan fingerprint density at radius 2 is 2.44 bits per heavy atom. The Balaban J connectivity index is 1.67. The van der Waals surface area contributed by atoms with Crippen LogP contribution in [0.4, 0.5) is 0 Å². The molecule has 0 aliphatic heterocycles. The summed E-state index contributed by atoms with van der Waals surface area (Å²) in [6, 6.07) is 3.22. The van der Waals surface area contributed by atoms with Gasteiger partial charge >= 0.3 is 0 Å². The van der Waals surface area contributed by atoms with Gasteiger partial charge in [0.05, 0.1) is 0 Å². The zero-order valence-corrected chi connectivity index (χ0v) is 9.97. The summed E-state index contributed by atoms with van der Waals surface area (Å²) < 4.78 is 2.00. The summed E-state index contributed by atoms with van der Waals surface area (Å²) in [5.41, 5.74) is 0. The summed E-state index contributed by atoms with van der Waals surface area (Å²) in [5, 5.41) is 7.90. The number of allylic oxidation sites excluding steroid dienone is 1. The average molecular weight is 219 g/mol. The number of hydrogen-bond acceptors (Lipinski definition) is 2. The van der Waals surface area contributed by atoms with Crippen molar-refractivity contribution < 1.29 is 0 Å². The summed E-state index contributed by atoms with van der Waals surface area (Å²) in [4.78, 5) is 0. The minimum Gasteiger partial charge on any atom is -0.311 e. The quantitative estimate of drug-likeness (QED) is 0.770. The molecule has 0 saturated carbocycles. The van der Waals surface area contributed by atoms with Gasteiger partial charge in [0.1, 0.15) is 0 Å². The normalized spacial score (nSPS) is 22.2.